The van der Waals surface area contributed by atoms with E-state index in [4.69, 9.17) is 23.2 Å². The summed E-state index contributed by atoms with van der Waals surface area (Å²) in [4.78, 5) is 39.4. The van der Waals surface area contributed by atoms with Gasteiger partial charge in [-0.25, -0.2) is 0 Å². The molecule has 0 heterocycles. The highest BCUT2D eigenvalue weighted by Gasteiger charge is 2.16. The lowest BCUT2D eigenvalue weighted by Crippen LogP contribution is -2.30. The van der Waals surface area contributed by atoms with Crippen LogP contribution in [-0.2, 0) is 4.79 Å². The van der Waals surface area contributed by atoms with Crippen molar-refractivity contribution < 1.29 is 14.4 Å². The number of carbonyl (C=O) groups is 3. The van der Waals surface area contributed by atoms with Gasteiger partial charge in [-0.15, -0.1) is 11.8 Å². The molecule has 0 aliphatic heterocycles. The van der Waals surface area contributed by atoms with Crippen LogP contribution in [0.2, 0.25) is 10.0 Å². The van der Waals surface area contributed by atoms with E-state index in [1.807, 2.05) is 42.5 Å². The quantitative estimate of drug-likeness (QED) is 0.127. The molecule has 0 aliphatic carbocycles. The van der Waals surface area contributed by atoms with Crippen molar-refractivity contribution in [3.63, 3.8) is 0 Å². The number of thioether (sulfide) groups is 1. The summed E-state index contributed by atoms with van der Waals surface area (Å²) >= 11 is 13.3. The summed E-state index contributed by atoms with van der Waals surface area (Å²) in [5.41, 5.74) is 2.29. The monoisotopic (exact) mass is 560 g/mol. The van der Waals surface area contributed by atoms with Crippen LogP contribution in [0.3, 0.4) is 0 Å². The zero-order valence-electron chi connectivity index (χ0n) is 20.0. The lowest BCUT2D eigenvalue weighted by Gasteiger charge is -2.12. The van der Waals surface area contributed by atoms with Crippen LogP contribution in [0.4, 0.5) is 5.69 Å². The van der Waals surface area contributed by atoms with Gasteiger partial charge in [0, 0.05) is 21.7 Å². The molecular weight excluding hydrogens is 539 g/mol. The number of ketones is 1. The molecular formula is C30H22Cl2N2O3S. The van der Waals surface area contributed by atoms with Crippen molar-refractivity contribution in [3.8, 4) is 0 Å². The van der Waals surface area contributed by atoms with Gasteiger partial charge in [-0.2, -0.15) is 0 Å². The van der Waals surface area contributed by atoms with Crippen LogP contribution >= 0.6 is 35.0 Å². The molecule has 2 N–H and O–H groups in total. The van der Waals surface area contributed by atoms with Crippen molar-refractivity contribution >= 4 is 64.3 Å². The van der Waals surface area contributed by atoms with E-state index in [2.05, 4.69) is 10.6 Å². The standard InChI is InChI=1S/C30H22Cl2N2O3S/c31-25-15-14-22(17-26(25)32)28(35)19-38-24-13-7-12-23(18-24)33-30(37)27(16-20-8-3-1-4-9-20)34-29(36)21-10-5-2-6-11-21/h1-18H,19H2,(H,33,37)(H,34,36)/b27-16-. The first kappa shape index (κ1) is 27.2. The Balaban J connectivity index is 1.47. The fourth-order valence-electron chi connectivity index (χ4n) is 3.42. The lowest BCUT2D eigenvalue weighted by molar-refractivity contribution is -0.113. The number of hydrogen-bond acceptors (Lipinski definition) is 4. The molecule has 0 radical (unpaired) electrons. The van der Waals surface area contributed by atoms with Crippen LogP contribution in [-0.4, -0.2) is 23.4 Å². The number of halogens is 2. The van der Waals surface area contributed by atoms with E-state index < -0.39 is 11.8 Å². The second-order valence-corrected chi connectivity index (χ2v) is 9.97. The first-order chi connectivity index (χ1) is 18.4. The third-order valence-electron chi connectivity index (χ3n) is 5.34. The van der Waals surface area contributed by atoms with Gasteiger partial charge in [0.2, 0.25) is 0 Å². The van der Waals surface area contributed by atoms with Gasteiger partial charge in [0.15, 0.2) is 5.78 Å². The second kappa shape index (κ2) is 13.1. The summed E-state index contributed by atoms with van der Waals surface area (Å²) in [6, 6.07) is 29.8. The van der Waals surface area contributed by atoms with Crippen molar-refractivity contribution in [3.05, 3.63) is 136 Å². The van der Waals surface area contributed by atoms with Gasteiger partial charge in [0.05, 0.1) is 15.8 Å². The van der Waals surface area contributed by atoms with Gasteiger partial charge in [-0.3, -0.25) is 14.4 Å². The molecule has 0 aromatic heterocycles. The molecule has 0 fully saturated rings. The fourth-order valence-corrected chi connectivity index (χ4v) is 4.57. The summed E-state index contributed by atoms with van der Waals surface area (Å²) in [5.74, 6) is -0.790. The van der Waals surface area contributed by atoms with Crippen LogP contribution in [0.1, 0.15) is 26.3 Å². The average molecular weight is 561 g/mol. The highest BCUT2D eigenvalue weighted by atomic mass is 35.5. The molecule has 4 rings (SSSR count). The van der Waals surface area contributed by atoms with E-state index in [9.17, 15) is 14.4 Å². The van der Waals surface area contributed by atoms with E-state index >= 15 is 0 Å². The molecule has 4 aromatic rings. The summed E-state index contributed by atoms with van der Waals surface area (Å²) < 4.78 is 0. The molecule has 0 atom stereocenters. The zero-order chi connectivity index (χ0) is 26.9. The largest absolute Gasteiger partial charge is 0.321 e. The Bertz CT molecular complexity index is 1490. The summed E-state index contributed by atoms with van der Waals surface area (Å²) in [7, 11) is 0. The number of Topliss-reactive ketones (excluding diaryl/α,β-unsaturated/α-hetero) is 1. The number of carbonyl (C=O) groups excluding carboxylic acids is 3. The molecule has 8 heteroatoms. The predicted molar refractivity (Wildman–Crippen MR) is 155 cm³/mol. The summed E-state index contributed by atoms with van der Waals surface area (Å²) in [5, 5.41) is 6.28. The van der Waals surface area contributed by atoms with Gasteiger partial charge in [-0.05, 0) is 60.2 Å². The number of benzene rings is 4. The third kappa shape index (κ3) is 7.59. The van der Waals surface area contributed by atoms with Crippen LogP contribution < -0.4 is 10.6 Å². The molecule has 4 aromatic carbocycles. The Kier molecular flexibility index (Phi) is 9.38. The molecule has 38 heavy (non-hydrogen) atoms. The Labute approximate surface area is 234 Å². The number of hydrogen-bond donors (Lipinski definition) is 2. The molecule has 190 valence electrons. The Morgan fingerprint density at radius 2 is 1.45 bits per heavy atom. The van der Waals surface area contributed by atoms with E-state index in [0.29, 0.717) is 26.9 Å². The molecule has 5 nitrogen and oxygen atoms in total. The Morgan fingerprint density at radius 1 is 0.737 bits per heavy atom. The van der Waals surface area contributed by atoms with Gasteiger partial charge >= 0.3 is 0 Å². The fraction of sp³-hybridized carbons (Fsp3) is 0.0333. The highest BCUT2D eigenvalue weighted by molar-refractivity contribution is 8.00. The van der Waals surface area contributed by atoms with Crippen molar-refractivity contribution in [2.75, 3.05) is 11.1 Å². The summed E-state index contributed by atoms with van der Waals surface area (Å²) in [6.07, 6.45) is 1.62. The van der Waals surface area contributed by atoms with Gasteiger partial charge < -0.3 is 10.6 Å². The predicted octanol–water partition coefficient (Wildman–Crippen LogP) is 7.38. The first-order valence-electron chi connectivity index (χ1n) is 11.5. The minimum Gasteiger partial charge on any atom is -0.321 e. The van der Waals surface area contributed by atoms with E-state index in [0.717, 1.165) is 10.5 Å². The smallest absolute Gasteiger partial charge is 0.272 e. The van der Waals surface area contributed by atoms with E-state index in [1.54, 1.807) is 66.7 Å². The molecule has 0 unspecified atom stereocenters. The maximum Gasteiger partial charge on any atom is 0.272 e. The number of nitrogens with one attached hydrogen (secondary N) is 2. The van der Waals surface area contributed by atoms with E-state index in [1.165, 1.54) is 11.8 Å². The molecule has 0 saturated carbocycles. The third-order valence-corrected chi connectivity index (χ3v) is 7.08. The second-order valence-electron chi connectivity index (χ2n) is 8.11. The van der Waals surface area contributed by atoms with Crippen molar-refractivity contribution in [2.45, 2.75) is 4.90 Å². The van der Waals surface area contributed by atoms with Crippen molar-refractivity contribution in [2.24, 2.45) is 0 Å². The lowest BCUT2D eigenvalue weighted by atomic mass is 10.1. The van der Waals surface area contributed by atoms with Crippen LogP contribution in [0, 0.1) is 0 Å². The molecule has 0 aliphatic rings. The SMILES string of the molecule is O=C(Nc1cccc(SCC(=O)c2ccc(Cl)c(Cl)c2)c1)/C(=C/c1ccccc1)NC(=O)c1ccccc1. The minimum absolute atomic E-state index is 0.0953. The van der Waals surface area contributed by atoms with Crippen LogP contribution in [0.5, 0.6) is 0 Å². The van der Waals surface area contributed by atoms with Gasteiger partial charge in [0.1, 0.15) is 5.70 Å². The van der Waals surface area contributed by atoms with Crippen LogP contribution in [0.15, 0.2) is 114 Å². The Hall–Kier alpha value is -3.84. The normalized spacial score (nSPS) is 11.1. The minimum atomic E-state index is -0.479. The van der Waals surface area contributed by atoms with Crippen LogP contribution in [0.25, 0.3) is 6.08 Å². The summed E-state index contributed by atoms with van der Waals surface area (Å²) in [6.45, 7) is 0. The first-order valence-corrected chi connectivity index (χ1v) is 13.3. The number of amides is 2. The van der Waals surface area contributed by atoms with Crippen molar-refractivity contribution in [1.82, 2.24) is 5.32 Å². The van der Waals surface area contributed by atoms with Gasteiger partial charge in [0.25, 0.3) is 11.8 Å². The maximum absolute atomic E-state index is 13.2. The molecule has 0 saturated heterocycles. The zero-order valence-corrected chi connectivity index (χ0v) is 22.3. The molecule has 0 spiro atoms. The molecule has 2 amide bonds. The topological polar surface area (TPSA) is 75.3 Å². The average Bonchev–Trinajstić information content (AvgIpc) is 2.94. The number of rotatable bonds is 9. The Morgan fingerprint density at radius 3 is 2.16 bits per heavy atom. The maximum atomic E-state index is 13.2. The molecule has 0 bridgehead atoms. The number of anilines is 1. The van der Waals surface area contributed by atoms with E-state index in [-0.39, 0.29) is 17.2 Å². The highest BCUT2D eigenvalue weighted by Crippen LogP contribution is 2.26. The van der Waals surface area contributed by atoms with Crippen molar-refractivity contribution in [1.29, 1.82) is 0 Å². The van der Waals surface area contributed by atoms with Gasteiger partial charge in [-0.1, -0.05) is 77.8 Å².